The molecule has 0 aromatic heterocycles. The Morgan fingerprint density at radius 3 is 1.69 bits per heavy atom. The van der Waals surface area contributed by atoms with Crippen LogP contribution in [0.5, 0.6) is 0 Å². The van der Waals surface area contributed by atoms with Crippen LogP contribution >= 0.6 is 0 Å². The predicted molar refractivity (Wildman–Crippen MR) is 127 cm³/mol. The first kappa shape index (κ1) is 27.1. The fourth-order valence-corrected chi connectivity index (χ4v) is 4.90. The fourth-order valence-electron chi connectivity index (χ4n) is 4.90. The zero-order valence-electron chi connectivity index (χ0n) is 20.9. The maximum absolute atomic E-state index is 12.2. The molecule has 7 nitrogen and oxygen atoms in total. The van der Waals surface area contributed by atoms with Crippen molar-refractivity contribution in [1.82, 2.24) is 16.0 Å². The van der Waals surface area contributed by atoms with E-state index >= 15 is 0 Å². The Morgan fingerprint density at radius 1 is 0.719 bits per heavy atom. The van der Waals surface area contributed by atoms with E-state index in [4.69, 9.17) is 9.47 Å². The summed E-state index contributed by atoms with van der Waals surface area (Å²) in [5.41, 5.74) is -0.770. The van der Waals surface area contributed by atoms with Gasteiger partial charge in [0.1, 0.15) is 11.2 Å². The highest BCUT2D eigenvalue weighted by Gasteiger charge is 2.34. The van der Waals surface area contributed by atoms with Gasteiger partial charge >= 0.3 is 11.9 Å². The molecule has 0 bridgehead atoms. The lowest BCUT2D eigenvalue weighted by Crippen LogP contribution is -2.43. The van der Waals surface area contributed by atoms with Gasteiger partial charge in [-0.3, -0.25) is 9.59 Å². The Balaban J connectivity index is 1.47. The summed E-state index contributed by atoms with van der Waals surface area (Å²) >= 11 is 0. The molecule has 0 radical (unpaired) electrons. The van der Waals surface area contributed by atoms with Gasteiger partial charge in [-0.15, -0.1) is 0 Å². The molecule has 0 amide bonds. The van der Waals surface area contributed by atoms with Crippen LogP contribution < -0.4 is 16.0 Å². The summed E-state index contributed by atoms with van der Waals surface area (Å²) in [6, 6.07) is 0. The molecule has 2 rings (SSSR count). The number of nitrogens with one attached hydrogen (secondary N) is 3. The Hall–Kier alpha value is -1.18. The number of ether oxygens (including phenoxy) is 2. The van der Waals surface area contributed by atoms with Crippen LogP contribution in [0.4, 0.5) is 0 Å². The van der Waals surface area contributed by atoms with Gasteiger partial charge in [0, 0.05) is 24.8 Å². The number of carbonyl (C=O) groups is 2. The molecule has 0 saturated carbocycles. The molecule has 2 aliphatic heterocycles. The lowest BCUT2D eigenvalue weighted by atomic mass is 9.83. The van der Waals surface area contributed by atoms with Crippen molar-refractivity contribution in [2.24, 2.45) is 11.8 Å². The van der Waals surface area contributed by atoms with E-state index in [0.29, 0.717) is 31.2 Å². The van der Waals surface area contributed by atoms with Crippen molar-refractivity contribution in [3.63, 3.8) is 0 Å². The monoisotopic (exact) mass is 453 g/mol. The Bertz CT molecular complexity index is 518. The summed E-state index contributed by atoms with van der Waals surface area (Å²) in [6.07, 6.45) is 7.92. The summed E-state index contributed by atoms with van der Waals surface area (Å²) in [5.74, 6) is 0.659. The summed E-state index contributed by atoms with van der Waals surface area (Å²) < 4.78 is 11.6. The van der Waals surface area contributed by atoms with E-state index in [1.54, 1.807) is 0 Å². The van der Waals surface area contributed by atoms with Gasteiger partial charge in [-0.05, 0) is 98.9 Å². The maximum atomic E-state index is 12.2. The summed E-state index contributed by atoms with van der Waals surface area (Å²) in [4.78, 5) is 24.4. The number of unbranched alkanes of at least 4 members (excludes halogenated alkanes) is 2. The molecule has 3 N–H and O–H groups in total. The second kappa shape index (κ2) is 13.5. The lowest BCUT2D eigenvalue weighted by molar-refractivity contribution is -0.163. The van der Waals surface area contributed by atoms with Gasteiger partial charge in [-0.1, -0.05) is 6.42 Å². The van der Waals surface area contributed by atoms with E-state index in [-0.39, 0.29) is 17.5 Å². The molecular weight excluding hydrogens is 406 g/mol. The van der Waals surface area contributed by atoms with Crippen LogP contribution in [0.15, 0.2) is 0 Å². The number of hydrogen-bond donors (Lipinski definition) is 3. The molecule has 2 aliphatic rings. The van der Waals surface area contributed by atoms with E-state index in [0.717, 1.165) is 77.7 Å². The number of esters is 2. The third-order valence-corrected chi connectivity index (χ3v) is 7.14. The van der Waals surface area contributed by atoms with Gasteiger partial charge in [-0.25, -0.2) is 0 Å². The Kier molecular flexibility index (Phi) is 11.4. The molecule has 0 aromatic carbocycles. The van der Waals surface area contributed by atoms with Crippen molar-refractivity contribution in [2.75, 3.05) is 39.3 Å². The van der Waals surface area contributed by atoms with Crippen molar-refractivity contribution in [3.8, 4) is 0 Å². The molecule has 0 atom stereocenters. The van der Waals surface area contributed by atoms with Crippen molar-refractivity contribution in [1.29, 1.82) is 0 Å². The van der Waals surface area contributed by atoms with Gasteiger partial charge in [0.2, 0.25) is 0 Å². The summed E-state index contributed by atoms with van der Waals surface area (Å²) in [5, 5.41) is 10.0. The van der Waals surface area contributed by atoms with Crippen LogP contribution in [0, 0.1) is 11.8 Å². The first-order valence-corrected chi connectivity index (χ1v) is 12.8. The first-order chi connectivity index (χ1) is 15.2. The van der Waals surface area contributed by atoms with Crippen LogP contribution in [-0.2, 0) is 19.1 Å². The highest BCUT2D eigenvalue weighted by molar-refractivity contribution is 5.70. The van der Waals surface area contributed by atoms with Crippen LogP contribution in [0.3, 0.4) is 0 Å². The van der Waals surface area contributed by atoms with Gasteiger partial charge < -0.3 is 25.4 Å². The van der Waals surface area contributed by atoms with Crippen LogP contribution in [0.1, 0.15) is 85.5 Å². The number of hydrogen-bond acceptors (Lipinski definition) is 7. The molecule has 2 saturated heterocycles. The molecule has 0 spiro atoms. The molecule has 7 heteroatoms. The summed E-state index contributed by atoms with van der Waals surface area (Å²) in [6.45, 7) is 13.7. The minimum Gasteiger partial charge on any atom is -0.459 e. The van der Waals surface area contributed by atoms with Crippen molar-refractivity contribution < 1.29 is 19.1 Å². The quantitative estimate of drug-likeness (QED) is 0.292. The van der Waals surface area contributed by atoms with E-state index in [9.17, 15) is 9.59 Å². The van der Waals surface area contributed by atoms with Gasteiger partial charge in [0.15, 0.2) is 0 Å². The third kappa shape index (κ3) is 9.75. The first-order valence-electron chi connectivity index (χ1n) is 12.8. The van der Waals surface area contributed by atoms with E-state index in [1.807, 2.05) is 27.7 Å². The number of piperidine rings is 2. The molecule has 2 heterocycles. The normalized spacial score (nSPS) is 19.0. The minimum atomic E-state index is -0.393. The highest BCUT2D eigenvalue weighted by Crippen LogP contribution is 2.30. The average Bonchev–Trinajstić information content (AvgIpc) is 2.76. The second-order valence-electron chi connectivity index (χ2n) is 10.5. The van der Waals surface area contributed by atoms with Crippen molar-refractivity contribution in [2.45, 2.75) is 96.7 Å². The zero-order valence-corrected chi connectivity index (χ0v) is 20.9. The van der Waals surface area contributed by atoms with E-state index < -0.39 is 5.60 Å². The van der Waals surface area contributed by atoms with E-state index in [2.05, 4.69) is 16.0 Å². The summed E-state index contributed by atoms with van der Waals surface area (Å²) in [7, 11) is 0. The third-order valence-electron chi connectivity index (χ3n) is 7.14. The second-order valence-corrected chi connectivity index (χ2v) is 10.5. The smallest absolute Gasteiger partial charge is 0.307 e. The largest absolute Gasteiger partial charge is 0.459 e. The molecule has 2 fully saturated rings. The maximum Gasteiger partial charge on any atom is 0.307 e. The van der Waals surface area contributed by atoms with Gasteiger partial charge in [0.05, 0.1) is 6.42 Å². The average molecular weight is 454 g/mol. The van der Waals surface area contributed by atoms with Crippen molar-refractivity contribution >= 4 is 11.9 Å². The van der Waals surface area contributed by atoms with Gasteiger partial charge in [0.25, 0.3) is 0 Å². The zero-order chi connectivity index (χ0) is 23.5. The van der Waals surface area contributed by atoms with Gasteiger partial charge in [-0.2, -0.15) is 0 Å². The van der Waals surface area contributed by atoms with Crippen LogP contribution in [-0.4, -0.2) is 62.4 Å². The lowest BCUT2D eigenvalue weighted by Gasteiger charge is -2.36. The standard InChI is InChI=1S/C25H47N3O4/c1-24(2,20-9-15-27-16-10-20)31-22(29)8-6-5-7-14-26-19-13-23(30)32-25(3,4)21-11-17-28-18-12-21/h20-21,26-28H,5-19H2,1-4H3. The van der Waals surface area contributed by atoms with Crippen LogP contribution in [0.2, 0.25) is 0 Å². The van der Waals surface area contributed by atoms with Crippen molar-refractivity contribution in [3.05, 3.63) is 0 Å². The topological polar surface area (TPSA) is 88.7 Å². The molecule has 0 unspecified atom stereocenters. The highest BCUT2D eigenvalue weighted by atomic mass is 16.6. The molecule has 32 heavy (non-hydrogen) atoms. The predicted octanol–water partition coefficient (Wildman–Crippen LogP) is 3.17. The molecule has 0 aliphatic carbocycles. The SMILES string of the molecule is CC(C)(OC(=O)CCCCCNCCC(=O)OC(C)(C)C1CCNCC1)C1CCNCC1. The minimum absolute atomic E-state index is 0.0828. The molecule has 186 valence electrons. The Labute approximate surface area is 195 Å². The number of rotatable bonds is 13. The molecular formula is C25H47N3O4. The molecule has 0 aromatic rings. The fraction of sp³-hybridized carbons (Fsp3) is 0.920. The number of carbonyl (C=O) groups excluding carboxylic acids is 2. The Morgan fingerprint density at radius 2 is 1.19 bits per heavy atom. The van der Waals surface area contributed by atoms with E-state index in [1.165, 1.54) is 0 Å². The van der Waals surface area contributed by atoms with Crippen LogP contribution in [0.25, 0.3) is 0 Å².